The molecule has 21 heteroatoms. The zero-order valence-corrected chi connectivity index (χ0v) is 37.2. The molecule has 0 spiro atoms. The van der Waals surface area contributed by atoms with Crippen molar-refractivity contribution in [2.45, 2.75) is 52.4 Å². The van der Waals surface area contributed by atoms with Crippen LogP contribution in [0.5, 0.6) is 0 Å². The van der Waals surface area contributed by atoms with Gasteiger partial charge in [0.1, 0.15) is 18.2 Å². The Morgan fingerprint density at radius 3 is 2.05 bits per heavy atom. The average Bonchev–Trinajstić information content (AvgIpc) is 3.79. The quantitative estimate of drug-likeness (QED) is 0.0552. The molecule has 65 heavy (non-hydrogen) atoms. The van der Waals surface area contributed by atoms with Gasteiger partial charge in [0, 0.05) is 73.5 Å². The number of alkyl halides is 3. The van der Waals surface area contributed by atoms with Crippen LogP contribution in [0.4, 0.5) is 22.0 Å². The molecule has 0 fully saturated rings. The molecule has 5 amide bonds. The van der Waals surface area contributed by atoms with Gasteiger partial charge in [0.15, 0.2) is 0 Å². The van der Waals surface area contributed by atoms with Crippen LogP contribution in [-0.2, 0) is 44.8 Å². The highest BCUT2D eigenvalue weighted by Crippen LogP contribution is 2.41. The Bertz CT molecular complexity index is 2080. The molecule has 1 aliphatic rings. The third kappa shape index (κ3) is 18.4. The van der Waals surface area contributed by atoms with E-state index in [-0.39, 0.29) is 69.1 Å². The minimum absolute atomic E-state index is 0.115. The number of hydrogen-bond donors (Lipinski definition) is 4. The van der Waals surface area contributed by atoms with Gasteiger partial charge in [0.05, 0.1) is 38.2 Å². The summed E-state index contributed by atoms with van der Waals surface area (Å²) in [6.45, 7) is 8.55. The summed E-state index contributed by atoms with van der Waals surface area (Å²) >= 11 is 1.36. The molecule has 0 saturated carbocycles. The van der Waals surface area contributed by atoms with Gasteiger partial charge in [-0.2, -0.15) is 24.9 Å². The molecule has 0 aliphatic carbocycles. The molecule has 15 nitrogen and oxygen atoms in total. The lowest BCUT2D eigenvalue weighted by molar-refractivity contribution is -0.192. The summed E-state index contributed by atoms with van der Waals surface area (Å²) in [5, 5.41) is 12.5. The van der Waals surface area contributed by atoms with Crippen molar-refractivity contribution in [3.05, 3.63) is 95.8 Å². The fourth-order valence-corrected chi connectivity index (χ4v) is 7.22. The van der Waals surface area contributed by atoms with Crippen LogP contribution in [-0.4, -0.2) is 132 Å². The van der Waals surface area contributed by atoms with Gasteiger partial charge in [-0.15, -0.1) is 0 Å². The Hall–Kier alpha value is -5.64. The number of carbonyl (C=O) groups excluding carboxylic acids is 5. The lowest BCUT2D eigenvalue weighted by Crippen LogP contribution is -2.44. The third-order valence-electron chi connectivity index (χ3n) is 9.35. The largest absolute Gasteiger partial charge is 0.490 e. The monoisotopic (exact) mass is 938 g/mol. The van der Waals surface area contributed by atoms with Crippen LogP contribution in [0.15, 0.2) is 72.9 Å². The Kier molecular flexibility index (Phi) is 21.8. The number of ether oxygens (including phenoxy) is 2. The lowest BCUT2D eigenvalue weighted by atomic mass is 9.83. The van der Waals surface area contributed by atoms with Crippen LogP contribution < -0.4 is 16.4 Å². The molecule has 1 unspecified atom stereocenters. The molecule has 2 heterocycles. The van der Waals surface area contributed by atoms with Gasteiger partial charge in [-0.1, -0.05) is 51.1 Å². The summed E-state index contributed by atoms with van der Waals surface area (Å²) in [6, 6.07) is 14.6. The SMILES string of the molecule is CC(C)(C)C(c1cc(-c2cc(F)ccc2F)cn1Cc1ccccc1)N(CCCN)C(=O)CSCCC(=O)NCCOCCOCCNC(=O)CN1C(=O)C=CC1=O.O=C(O)C(F)(F)F. The Morgan fingerprint density at radius 2 is 1.48 bits per heavy atom. The van der Waals surface area contributed by atoms with E-state index in [2.05, 4.69) is 10.6 Å². The summed E-state index contributed by atoms with van der Waals surface area (Å²) in [5.74, 6) is -5.10. The number of carboxylic acid groups (broad SMARTS) is 1. The van der Waals surface area contributed by atoms with Crippen LogP contribution in [0.25, 0.3) is 11.1 Å². The fraction of sp³-hybridized carbons (Fsp3) is 0.455. The Labute approximate surface area is 377 Å². The van der Waals surface area contributed by atoms with Gasteiger partial charge in [-0.05, 0) is 48.2 Å². The molecule has 3 aromatic rings. The molecule has 0 bridgehead atoms. The zero-order chi connectivity index (χ0) is 48.2. The smallest absolute Gasteiger partial charge is 0.475 e. The maximum atomic E-state index is 15.1. The van der Waals surface area contributed by atoms with Crippen molar-refractivity contribution in [1.29, 1.82) is 0 Å². The van der Waals surface area contributed by atoms with Crippen molar-refractivity contribution in [1.82, 2.24) is 25.0 Å². The van der Waals surface area contributed by atoms with E-state index in [1.165, 1.54) is 17.8 Å². The van der Waals surface area contributed by atoms with Crippen molar-refractivity contribution in [2.24, 2.45) is 11.1 Å². The molecule has 1 aromatic heterocycles. The standard InChI is InChI=1S/C42H54F2N6O7S.C2HF3O2/c1-42(2,3)41(35-24-31(33-25-32(43)10-11-34(33)44)27-48(35)26-30-8-5-4-6-9-30)49(18-7-15-45)40(55)29-58-23-14-36(51)46-16-19-56-21-22-57-20-17-47-37(52)28-50-38(53)12-13-39(50)54;3-2(4,5)1(6)7/h4-6,8-13,24-25,27,41H,7,14-23,26,28-29,45H2,1-3H3,(H,46,51)(H,47,52);(H,6,7). The molecule has 1 aliphatic heterocycles. The summed E-state index contributed by atoms with van der Waals surface area (Å²) in [4.78, 5) is 73.1. The second-order valence-corrected chi connectivity index (χ2v) is 16.6. The number of nitrogens with two attached hydrogens (primary N) is 1. The molecule has 0 radical (unpaired) electrons. The first-order chi connectivity index (χ1) is 30.7. The number of benzene rings is 2. The number of nitrogens with one attached hydrogen (secondary N) is 2. The molecule has 2 aromatic carbocycles. The summed E-state index contributed by atoms with van der Waals surface area (Å²) in [6.07, 6.45) is -0.266. The highest BCUT2D eigenvalue weighted by Gasteiger charge is 2.39. The lowest BCUT2D eigenvalue weighted by Gasteiger charge is -2.41. The molecule has 0 saturated heterocycles. The molecular formula is C44H55F5N6O9S. The van der Waals surface area contributed by atoms with Crippen LogP contribution in [0.2, 0.25) is 0 Å². The number of nitrogens with zero attached hydrogens (tertiary/aromatic N) is 3. The first-order valence-electron chi connectivity index (χ1n) is 20.5. The first kappa shape index (κ1) is 53.7. The van der Waals surface area contributed by atoms with Crippen molar-refractivity contribution in [3.63, 3.8) is 0 Å². The summed E-state index contributed by atoms with van der Waals surface area (Å²) < 4.78 is 74.0. The third-order valence-corrected chi connectivity index (χ3v) is 10.3. The molecule has 356 valence electrons. The van der Waals surface area contributed by atoms with Crippen LogP contribution in [0.1, 0.15) is 50.9 Å². The second-order valence-electron chi connectivity index (χ2n) is 15.5. The summed E-state index contributed by atoms with van der Waals surface area (Å²) in [5.41, 5.74) is 7.91. The van der Waals surface area contributed by atoms with Gasteiger partial charge >= 0.3 is 12.1 Å². The van der Waals surface area contributed by atoms with E-state index in [1.54, 1.807) is 0 Å². The highest BCUT2D eigenvalue weighted by atomic mass is 32.2. The Balaban J connectivity index is 0.00000148. The molecule has 5 N–H and O–H groups in total. The number of hydrogen-bond acceptors (Lipinski definition) is 10. The van der Waals surface area contributed by atoms with E-state index in [1.807, 2.05) is 72.8 Å². The first-order valence-corrected chi connectivity index (χ1v) is 21.7. The van der Waals surface area contributed by atoms with E-state index in [9.17, 15) is 41.5 Å². The average molecular weight is 939 g/mol. The van der Waals surface area contributed by atoms with Crippen molar-refractivity contribution in [3.8, 4) is 11.1 Å². The predicted octanol–water partition coefficient (Wildman–Crippen LogP) is 4.69. The molecular weight excluding hydrogens is 884 g/mol. The van der Waals surface area contributed by atoms with Gasteiger partial charge in [0.25, 0.3) is 11.8 Å². The number of halogens is 5. The Morgan fingerprint density at radius 1 is 0.877 bits per heavy atom. The predicted molar refractivity (Wildman–Crippen MR) is 232 cm³/mol. The number of thioether (sulfide) groups is 1. The van der Waals surface area contributed by atoms with E-state index in [0.29, 0.717) is 43.9 Å². The number of carbonyl (C=O) groups is 6. The maximum Gasteiger partial charge on any atom is 0.490 e. The number of carboxylic acids is 1. The van der Waals surface area contributed by atoms with Gasteiger partial charge < -0.3 is 40.4 Å². The number of rotatable bonds is 24. The van der Waals surface area contributed by atoms with Gasteiger partial charge in [-0.25, -0.2) is 13.6 Å². The normalized spacial score (nSPS) is 13.0. The number of aliphatic carboxylic acids is 1. The molecule has 4 rings (SSSR count). The van der Waals surface area contributed by atoms with E-state index in [0.717, 1.165) is 40.4 Å². The fourth-order valence-electron chi connectivity index (χ4n) is 6.40. The molecule has 1 atom stereocenters. The number of amides is 5. The number of aromatic nitrogens is 1. The van der Waals surface area contributed by atoms with Gasteiger partial charge in [0.2, 0.25) is 17.7 Å². The topological polar surface area (TPSA) is 203 Å². The number of imide groups is 1. The zero-order valence-electron chi connectivity index (χ0n) is 36.3. The van der Waals surface area contributed by atoms with Crippen LogP contribution >= 0.6 is 11.8 Å². The van der Waals surface area contributed by atoms with Crippen molar-refractivity contribution >= 4 is 47.3 Å². The van der Waals surface area contributed by atoms with Gasteiger partial charge in [-0.3, -0.25) is 28.9 Å². The van der Waals surface area contributed by atoms with Crippen LogP contribution in [0, 0.1) is 17.0 Å². The summed E-state index contributed by atoms with van der Waals surface area (Å²) in [7, 11) is 0. The van der Waals surface area contributed by atoms with E-state index >= 15 is 4.39 Å². The second kappa shape index (κ2) is 26.4. The van der Waals surface area contributed by atoms with E-state index in [4.69, 9.17) is 25.1 Å². The van der Waals surface area contributed by atoms with Crippen LogP contribution in [0.3, 0.4) is 0 Å². The highest BCUT2D eigenvalue weighted by molar-refractivity contribution is 7.99. The minimum atomic E-state index is -5.08. The van der Waals surface area contributed by atoms with Crippen molar-refractivity contribution < 1.29 is 65.3 Å². The van der Waals surface area contributed by atoms with Crippen molar-refractivity contribution in [2.75, 3.05) is 70.7 Å². The minimum Gasteiger partial charge on any atom is -0.475 e. The maximum absolute atomic E-state index is 15.1. The van der Waals surface area contributed by atoms with E-state index < -0.39 is 53.0 Å².